The smallest absolute Gasteiger partial charge is 0.153 e. The Hall–Kier alpha value is -4.06. The first-order valence-corrected chi connectivity index (χ1v) is 8.68. The van der Waals surface area contributed by atoms with Crippen molar-refractivity contribution < 1.29 is 0 Å². The Balaban J connectivity index is 1.88. The van der Waals surface area contributed by atoms with Crippen LogP contribution in [0.2, 0.25) is 0 Å². The predicted octanol–water partition coefficient (Wildman–Crippen LogP) is 3.19. The number of amidine groups is 2. The summed E-state index contributed by atoms with van der Waals surface area (Å²) in [7, 11) is 0. The molecule has 0 bridgehead atoms. The van der Waals surface area contributed by atoms with Crippen molar-refractivity contribution in [1.29, 1.82) is 0 Å². The second kappa shape index (κ2) is 9.59. The lowest BCUT2D eigenvalue weighted by Gasteiger charge is -2.00. The van der Waals surface area contributed by atoms with E-state index in [2.05, 4.69) is 20.4 Å². The molecular formula is C22H20N6. The molecule has 0 fully saturated rings. The normalized spacial score (nSPS) is 13.1. The summed E-state index contributed by atoms with van der Waals surface area (Å²) in [5.41, 5.74) is 14.9. The molecule has 0 aromatic heterocycles. The van der Waals surface area contributed by atoms with Gasteiger partial charge in [0.25, 0.3) is 0 Å². The molecule has 0 saturated carbocycles. The quantitative estimate of drug-likeness (QED) is 0.396. The first-order valence-electron chi connectivity index (χ1n) is 8.68. The van der Waals surface area contributed by atoms with Crippen LogP contribution >= 0.6 is 0 Å². The third-order valence-electron chi connectivity index (χ3n) is 3.82. The van der Waals surface area contributed by atoms with E-state index in [0.717, 1.165) is 16.7 Å². The molecule has 0 spiro atoms. The second-order valence-corrected chi connectivity index (χ2v) is 5.80. The van der Waals surface area contributed by atoms with Gasteiger partial charge in [0, 0.05) is 16.7 Å². The number of nitrogens with zero attached hydrogens (tertiary/aromatic N) is 4. The SMILES string of the molecule is N/C(=N/N=C\C(=N/N=C(/N)c1ccccc1)c1ccccc1)c1ccccc1. The van der Waals surface area contributed by atoms with Crippen LogP contribution in [0.5, 0.6) is 0 Å². The molecule has 0 saturated heterocycles. The van der Waals surface area contributed by atoms with Gasteiger partial charge in [0.2, 0.25) is 0 Å². The van der Waals surface area contributed by atoms with Crippen LogP contribution in [0.25, 0.3) is 0 Å². The zero-order valence-corrected chi connectivity index (χ0v) is 15.2. The van der Waals surface area contributed by atoms with E-state index in [1.807, 2.05) is 91.0 Å². The Labute approximate surface area is 163 Å². The van der Waals surface area contributed by atoms with Gasteiger partial charge < -0.3 is 11.5 Å². The fraction of sp³-hybridized carbons (Fsp3) is 0. The van der Waals surface area contributed by atoms with E-state index >= 15 is 0 Å². The molecule has 0 unspecified atom stereocenters. The summed E-state index contributed by atoms with van der Waals surface area (Å²) in [5, 5.41) is 16.5. The molecule has 3 rings (SSSR count). The average molecular weight is 368 g/mol. The molecule has 0 amide bonds. The minimum absolute atomic E-state index is 0.315. The van der Waals surface area contributed by atoms with Gasteiger partial charge in [-0.25, -0.2) is 0 Å². The van der Waals surface area contributed by atoms with E-state index in [4.69, 9.17) is 11.5 Å². The number of rotatable bonds is 6. The summed E-state index contributed by atoms with van der Waals surface area (Å²) in [4.78, 5) is 0. The zero-order valence-electron chi connectivity index (χ0n) is 15.2. The molecule has 6 heteroatoms. The molecule has 3 aromatic carbocycles. The van der Waals surface area contributed by atoms with Crippen molar-refractivity contribution in [3.8, 4) is 0 Å². The highest BCUT2D eigenvalue weighted by atomic mass is 15.3. The minimum atomic E-state index is 0.315. The third-order valence-corrected chi connectivity index (χ3v) is 3.82. The Morgan fingerprint density at radius 1 is 0.536 bits per heavy atom. The van der Waals surface area contributed by atoms with Crippen LogP contribution in [0.3, 0.4) is 0 Å². The van der Waals surface area contributed by atoms with Gasteiger partial charge in [-0.1, -0.05) is 91.0 Å². The van der Waals surface area contributed by atoms with Crippen LogP contribution in [-0.4, -0.2) is 23.6 Å². The molecular weight excluding hydrogens is 348 g/mol. The van der Waals surface area contributed by atoms with Crippen molar-refractivity contribution in [3.05, 3.63) is 108 Å². The van der Waals surface area contributed by atoms with Gasteiger partial charge in [0.05, 0.1) is 6.21 Å². The summed E-state index contributed by atoms with van der Waals surface area (Å²) in [6.07, 6.45) is 1.51. The van der Waals surface area contributed by atoms with Crippen molar-refractivity contribution in [2.24, 2.45) is 31.9 Å². The van der Waals surface area contributed by atoms with E-state index in [1.54, 1.807) is 0 Å². The van der Waals surface area contributed by atoms with Gasteiger partial charge in [-0.15, -0.1) is 15.3 Å². The lowest BCUT2D eigenvalue weighted by Crippen LogP contribution is -2.13. The van der Waals surface area contributed by atoms with Gasteiger partial charge in [-0.3, -0.25) is 0 Å². The second-order valence-electron chi connectivity index (χ2n) is 5.80. The molecule has 0 aliphatic heterocycles. The molecule has 0 atom stereocenters. The standard InChI is InChI=1S/C22H20N6/c23-21(18-12-6-2-7-13-18)27-25-16-20(17-10-4-1-5-11-17)26-28-22(24)19-14-8-3-9-15-19/h1-16H,(H2,23,27)(H2,24,28)/b25-16-,26-20+. The monoisotopic (exact) mass is 368 g/mol. The van der Waals surface area contributed by atoms with Crippen molar-refractivity contribution in [1.82, 2.24) is 0 Å². The summed E-state index contributed by atoms with van der Waals surface area (Å²) < 4.78 is 0. The van der Waals surface area contributed by atoms with E-state index in [0.29, 0.717) is 17.4 Å². The zero-order chi connectivity index (χ0) is 19.6. The first-order chi connectivity index (χ1) is 13.7. The van der Waals surface area contributed by atoms with Gasteiger partial charge in [-0.05, 0) is 0 Å². The van der Waals surface area contributed by atoms with Gasteiger partial charge in [0.15, 0.2) is 11.7 Å². The van der Waals surface area contributed by atoms with Gasteiger partial charge >= 0.3 is 0 Å². The minimum Gasteiger partial charge on any atom is -0.382 e. The predicted molar refractivity (Wildman–Crippen MR) is 116 cm³/mol. The van der Waals surface area contributed by atoms with E-state index in [9.17, 15) is 0 Å². The lowest BCUT2D eigenvalue weighted by molar-refractivity contribution is 1.21. The summed E-state index contributed by atoms with van der Waals surface area (Å²) in [5.74, 6) is 0.631. The van der Waals surface area contributed by atoms with Gasteiger partial charge in [0.1, 0.15) is 5.71 Å². The topological polar surface area (TPSA) is 101 Å². The molecule has 3 aromatic rings. The van der Waals surface area contributed by atoms with Crippen LogP contribution < -0.4 is 11.5 Å². The maximum atomic E-state index is 6.03. The summed E-state index contributed by atoms with van der Waals surface area (Å²) in [6, 6.07) is 28.4. The fourth-order valence-corrected chi connectivity index (χ4v) is 2.35. The average Bonchev–Trinajstić information content (AvgIpc) is 2.77. The summed E-state index contributed by atoms with van der Waals surface area (Å²) in [6.45, 7) is 0. The highest BCUT2D eigenvalue weighted by molar-refractivity contribution is 6.38. The molecule has 138 valence electrons. The Morgan fingerprint density at radius 3 is 1.46 bits per heavy atom. The maximum absolute atomic E-state index is 6.03. The Bertz CT molecular complexity index is 1010. The van der Waals surface area contributed by atoms with E-state index in [-0.39, 0.29) is 0 Å². The van der Waals surface area contributed by atoms with Crippen LogP contribution in [0.15, 0.2) is 111 Å². The Kier molecular flexibility index (Phi) is 6.41. The lowest BCUT2D eigenvalue weighted by atomic mass is 10.1. The number of hydrogen-bond donors (Lipinski definition) is 2. The Morgan fingerprint density at radius 2 is 0.964 bits per heavy atom. The van der Waals surface area contributed by atoms with E-state index < -0.39 is 0 Å². The van der Waals surface area contributed by atoms with Crippen LogP contribution in [0.4, 0.5) is 0 Å². The molecule has 0 heterocycles. The largest absolute Gasteiger partial charge is 0.382 e. The molecule has 28 heavy (non-hydrogen) atoms. The molecule has 6 nitrogen and oxygen atoms in total. The van der Waals surface area contributed by atoms with Crippen LogP contribution in [0.1, 0.15) is 16.7 Å². The van der Waals surface area contributed by atoms with Crippen molar-refractivity contribution >= 4 is 23.6 Å². The van der Waals surface area contributed by atoms with Crippen molar-refractivity contribution in [2.75, 3.05) is 0 Å². The van der Waals surface area contributed by atoms with E-state index in [1.165, 1.54) is 6.21 Å². The number of benzene rings is 3. The fourth-order valence-electron chi connectivity index (χ4n) is 2.35. The summed E-state index contributed by atoms with van der Waals surface area (Å²) >= 11 is 0. The maximum Gasteiger partial charge on any atom is 0.153 e. The molecule has 0 aliphatic carbocycles. The van der Waals surface area contributed by atoms with Crippen LogP contribution in [-0.2, 0) is 0 Å². The molecule has 4 N–H and O–H groups in total. The van der Waals surface area contributed by atoms with Crippen LogP contribution in [0, 0.1) is 0 Å². The molecule has 0 aliphatic rings. The third kappa shape index (κ3) is 5.22. The molecule has 0 radical (unpaired) electrons. The first kappa shape index (κ1) is 18.7. The van der Waals surface area contributed by atoms with Crippen molar-refractivity contribution in [2.45, 2.75) is 0 Å². The van der Waals surface area contributed by atoms with Crippen molar-refractivity contribution in [3.63, 3.8) is 0 Å². The number of hydrogen-bond acceptors (Lipinski definition) is 4. The highest BCUT2D eigenvalue weighted by Crippen LogP contribution is 2.03. The van der Waals surface area contributed by atoms with Gasteiger partial charge in [-0.2, -0.15) is 5.10 Å². The highest BCUT2D eigenvalue weighted by Gasteiger charge is 2.02. The number of nitrogens with two attached hydrogens (primary N) is 2.